The van der Waals surface area contributed by atoms with E-state index in [-0.39, 0.29) is 17.1 Å². The first-order valence-corrected chi connectivity index (χ1v) is 17.9. The quantitative estimate of drug-likeness (QED) is 0.235. The Labute approximate surface area is 267 Å². The molecule has 0 radical (unpaired) electrons. The molecule has 0 spiro atoms. The van der Waals surface area contributed by atoms with Crippen LogP contribution in [-0.2, 0) is 17.4 Å². The topological polar surface area (TPSA) is 61.9 Å². The summed E-state index contributed by atoms with van der Waals surface area (Å²) >= 11 is 6.44. The summed E-state index contributed by atoms with van der Waals surface area (Å²) < 4.78 is 21.6. The summed E-state index contributed by atoms with van der Waals surface area (Å²) in [5.74, 6) is 2.66. The number of hydrogen-bond donors (Lipinski definition) is 1. The number of ether oxygens (including phenoxy) is 1. The van der Waals surface area contributed by atoms with Gasteiger partial charge in [-0.25, -0.2) is 4.21 Å². The van der Waals surface area contributed by atoms with E-state index in [0.717, 1.165) is 48.9 Å². The Morgan fingerprint density at radius 3 is 2.58 bits per heavy atom. The van der Waals surface area contributed by atoms with Gasteiger partial charge < -0.3 is 14.5 Å². The maximum Gasteiger partial charge on any atom is 0.263 e. The third-order valence-electron chi connectivity index (χ3n) is 9.19. The zero-order valence-corrected chi connectivity index (χ0v) is 28.6. The number of benzene rings is 2. The fraction of sp³-hybridized carbons (Fsp3) is 0.629. The van der Waals surface area contributed by atoms with E-state index in [0.29, 0.717) is 29.9 Å². The number of anilines is 1. The van der Waals surface area contributed by atoms with E-state index in [2.05, 4.69) is 54.6 Å². The normalized spacial score (nSPS) is 21.5. The molecular weight excluding hydrogens is 578 g/mol. The van der Waals surface area contributed by atoms with Crippen LogP contribution < -0.4 is 14.4 Å². The third-order valence-corrected chi connectivity index (χ3v) is 10.7. The van der Waals surface area contributed by atoms with Crippen LogP contribution in [0.4, 0.5) is 5.69 Å². The predicted molar refractivity (Wildman–Crippen MR) is 181 cm³/mol. The summed E-state index contributed by atoms with van der Waals surface area (Å²) in [6.07, 6.45) is 8.33. The van der Waals surface area contributed by atoms with Crippen molar-refractivity contribution >= 4 is 34.2 Å². The van der Waals surface area contributed by atoms with E-state index >= 15 is 0 Å². The monoisotopic (exact) mass is 629 g/mol. The summed E-state index contributed by atoms with van der Waals surface area (Å²) in [4.78, 5) is 18.0. The average Bonchev–Trinajstić information content (AvgIpc) is 3.13. The Balaban J connectivity index is 1.66. The van der Waals surface area contributed by atoms with Crippen molar-refractivity contribution in [1.82, 2.24) is 9.62 Å². The first-order chi connectivity index (χ1) is 20.6. The van der Waals surface area contributed by atoms with Crippen molar-refractivity contribution in [2.75, 3.05) is 45.2 Å². The van der Waals surface area contributed by atoms with Gasteiger partial charge in [-0.3, -0.25) is 9.52 Å². The number of nitrogens with zero attached hydrogens (tertiary/aromatic N) is 2. The van der Waals surface area contributed by atoms with Gasteiger partial charge in [-0.2, -0.15) is 0 Å². The number of unbranched alkanes of at least 4 members (excludes halogenated alkanes) is 1. The summed E-state index contributed by atoms with van der Waals surface area (Å²) in [5.41, 5.74) is 4.06. The lowest BCUT2D eigenvalue weighted by Gasteiger charge is -2.45. The van der Waals surface area contributed by atoms with E-state index in [1.54, 1.807) is 6.07 Å². The second-order valence-electron chi connectivity index (χ2n) is 13.1. The van der Waals surface area contributed by atoms with Crippen LogP contribution in [0.2, 0.25) is 5.02 Å². The predicted octanol–water partition coefficient (Wildman–Crippen LogP) is 7.47. The van der Waals surface area contributed by atoms with Gasteiger partial charge in [-0.05, 0) is 113 Å². The van der Waals surface area contributed by atoms with Crippen molar-refractivity contribution in [3.8, 4) is 5.75 Å². The molecule has 5 unspecified atom stereocenters. The number of carbonyl (C=O) groups is 1. The minimum absolute atomic E-state index is 0.152. The molecule has 1 N–H and O–H groups in total. The first-order valence-electron chi connectivity index (χ1n) is 16.3. The van der Waals surface area contributed by atoms with Gasteiger partial charge in [0.15, 0.2) is 0 Å². The van der Waals surface area contributed by atoms with Crippen molar-refractivity contribution in [2.24, 2.45) is 17.8 Å². The van der Waals surface area contributed by atoms with Gasteiger partial charge in [-0.15, -0.1) is 0 Å². The van der Waals surface area contributed by atoms with E-state index < -0.39 is 11.0 Å². The molecule has 4 rings (SSSR count). The van der Waals surface area contributed by atoms with Gasteiger partial charge in [0.25, 0.3) is 5.91 Å². The number of fused-ring (bicyclic) bond motifs is 1. The molecule has 2 aliphatic rings. The van der Waals surface area contributed by atoms with Crippen LogP contribution in [0.15, 0.2) is 36.4 Å². The molecule has 1 heterocycles. The maximum absolute atomic E-state index is 13.1. The zero-order chi connectivity index (χ0) is 31.1. The summed E-state index contributed by atoms with van der Waals surface area (Å²) in [6.45, 7) is 11.6. The minimum Gasteiger partial charge on any atom is -0.491 e. The molecule has 2 aromatic carbocycles. The molecule has 8 heteroatoms. The molecule has 0 aromatic heterocycles. The molecule has 2 aromatic rings. The number of nitrogens with one attached hydrogen (secondary N) is 1. The van der Waals surface area contributed by atoms with Crippen LogP contribution in [0.25, 0.3) is 0 Å². The van der Waals surface area contributed by atoms with Crippen LogP contribution in [0.3, 0.4) is 0 Å². The Hall–Kier alpha value is -2.09. The smallest absolute Gasteiger partial charge is 0.263 e. The zero-order valence-electron chi connectivity index (χ0n) is 27.0. The highest BCUT2D eigenvalue weighted by Gasteiger charge is 2.39. The highest BCUT2D eigenvalue weighted by Crippen LogP contribution is 2.45. The van der Waals surface area contributed by atoms with E-state index in [4.69, 9.17) is 16.3 Å². The van der Waals surface area contributed by atoms with Gasteiger partial charge in [0, 0.05) is 41.4 Å². The Morgan fingerprint density at radius 2 is 1.93 bits per heavy atom. The van der Waals surface area contributed by atoms with Crippen molar-refractivity contribution in [3.05, 3.63) is 58.1 Å². The van der Waals surface area contributed by atoms with Gasteiger partial charge in [-0.1, -0.05) is 50.8 Å². The van der Waals surface area contributed by atoms with Gasteiger partial charge >= 0.3 is 0 Å². The Kier molecular flexibility index (Phi) is 12.4. The lowest BCUT2D eigenvalue weighted by atomic mass is 9.65. The summed E-state index contributed by atoms with van der Waals surface area (Å²) in [7, 11) is 2.95. The molecule has 1 aliphatic heterocycles. The lowest BCUT2D eigenvalue weighted by Crippen LogP contribution is -2.44. The van der Waals surface area contributed by atoms with Gasteiger partial charge in [0.2, 0.25) is 0 Å². The number of amides is 1. The number of halogens is 1. The van der Waals surface area contributed by atoms with E-state index in [1.807, 2.05) is 32.0 Å². The van der Waals surface area contributed by atoms with Crippen LogP contribution in [0.5, 0.6) is 5.75 Å². The first kappa shape index (κ1) is 33.8. The molecule has 43 heavy (non-hydrogen) atoms. The molecule has 0 bridgehead atoms. The summed E-state index contributed by atoms with van der Waals surface area (Å²) in [5, 5.41) is 0.619. The fourth-order valence-corrected chi connectivity index (χ4v) is 7.56. The largest absolute Gasteiger partial charge is 0.491 e. The second kappa shape index (κ2) is 15.8. The average molecular weight is 630 g/mol. The van der Waals surface area contributed by atoms with E-state index in [1.165, 1.54) is 43.2 Å². The van der Waals surface area contributed by atoms with Crippen molar-refractivity contribution in [1.29, 1.82) is 0 Å². The molecule has 6 nitrogen and oxygen atoms in total. The highest BCUT2D eigenvalue weighted by atomic mass is 35.5. The SMILES string of the molecule is CCCCC(CN(C)C)C1CCC1CN1CC(c2ccc(Cl)cc2CCC)COc2ccc(C(=O)NS(=O)C(C)C)cc21. The molecule has 5 atom stereocenters. The number of hydrogen-bond acceptors (Lipinski definition) is 5. The number of carbonyl (C=O) groups excluding carboxylic acids is 1. The Morgan fingerprint density at radius 1 is 1.14 bits per heavy atom. The molecule has 1 aliphatic carbocycles. The standard InChI is InChI=1S/C35H52ClN3O3S/c1-7-9-11-27(20-38(5)6)32-15-12-28(32)21-39-22-29(31-16-14-30(36)18-25(31)10-8-2)23-42-34-17-13-26(19-33(34)39)35(40)37-43(41)24(3)4/h13-14,16-19,24,27-29,32H,7-12,15,20-23H2,1-6H3,(H,37,40). The molecule has 1 fully saturated rings. The second-order valence-corrected chi connectivity index (χ2v) is 15.3. The molecule has 238 valence electrons. The molecule has 0 saturated heterocycles. The van der Waals surface area contributed by atoms with Gasteiger partial charge in [0.1, 0.15) is 16.7 Å². The van der Waals surface area contributed by atoms with Crippen LogP contribution in [0.1, 0.15) is 93.6 Å². The number of aryl methyl sites for hydroxylation is 1. The van der Waals surface area contributed by atoms with E-state index in [9.17, 15) is 9.00 Å². The summed E-state index contributed by atoms with van der Waals surface area (Å²) in [6, 6.07) is 11.9. The highest BCUT2D eigenvalue weighted by molar-refractivity contribution is 7.84. The minimum atomic E-state index is -1.43. The van der Waals surface area contributed by atoms with Gasteiger partial charge in [0.05, 0.1) is 12.3 Å². The third kappa shape index (κ3) is 8.76. The maximum atomic E-state index is 13.1. The van der Waals surface area contributed by atoms with Crippen molar-refractivity contribution < 1.29 is 13.7 Å². The Bertz CT molecular complexity index is 1250. The van der Waals surface area contributed by atoms with Crippen LogP contribution in [0, 0.1) is 17.8 Å². The number of rotatable bonds is 14. The fourth-order valence-electron chi connectivity index (χ4n) is 6.82. The van der Waals surface area contributed by atoms with Crippen molar-refractivity contribution in [2.45, 2.75) is 83.8 Å². The van der Waals surface area contributed by atoms with Crippen molar-refractivity contribution in [3.63, 3.8) is 0 Å². The lowest BCUT2D eigenvalue weighted by molar-refractivity contribution is 0.0821. The molecular formula is C35H52ClN3O3S. The van der Waals surface area contributed by atoms with Crippen LogP contribution in [-0.4, -0.2) is 60.6 Å². The molecule has 1 saturated carbocycles. The molecule has 1 amide bonds. The van der Waals surface area contributed by atoms with Crippen LogP contribution >= 0.6 is 11.6 Å².